The van der Waals surface area contributed by atoms with Gasteiger partial charge in [0, 0.05) is 24.2 Å². The van der Waals surface area contributed by atoms with Crippen LogP contribution in [0.15, 0.2) is 25.0 Å². The lowest BCUT2D eigenvalue weighted by Crippen LogP contribution is -2.49. The third kappa shape index (κ3) is 8.57. The highest BCUT2D eigenvalue weighted by Crippen LogP contribution is 2.41. The van der Waals surface area contributed by atoms with Crippen LogP contribution < -0.4 is 21.3 Å². The number of aliphatic hydroxyl groups is 6. The van der Waals surface area contributed by atoms with Crippen molar-refractivity contribution in [3.8, 4) is 0 Å². The summed E-state index contributed by atoms with van der Waals surface area (Å²) >= 11 is 12.8. The normalized spacial score (nSPS) is 30.3. The molecule has 6 aromatic rings. The second-order valence-corrected chi connectivity index (χ2v) is 18.3. The van der Waals surface area contributed by atoms with Crippen molar-refractivity contribution in [3.63, 3.8) is 0 Å². The number of urea groups is 1. The largest absolute Gasteiger partial charge is 0.390 e. The van der Waals surface area contributed by atoms with Crippen LogP contribution in [-0.4, -0.2) is 154 Å². The topological polar surface area (TPSA) is 335 Å². The highest BCUT2D eigenvalue weighted by Gasteiger charge is 2.47. The zero-order chi connectivity index (χ0) is 45.8. The Bertz CT molecular complexity index is 2500. The van der Waals surface area contributed by atoms with Crippen LogP contribution in [0.4, 0.5) is 16.4 Å². The van der Waals surface area contributed by atoms with Gasteiger partial charge < -0.3 is 61.0 Å². The number of amides is 2. The number of fused-ring (bicyclic) bond motifs is 2. The predicted molar refractivity (Wildman–Crippen MR) is 233 cm³/mol. The number of anilines is 2. The second-order valence-electron chi connectivity index (χ2n) is 17.7. The van der Waals surface area contributed by atoms with E-state index in [1.165, 1.54) is 22.0 Å². The Morgan fingerprint density at radius 3 is 1.33 bits per heavy atom. The molecule has 66 heavy (non-hydrogen) atoms. The van der Waals surface area contributed by atoms with E-state index in [1.54, 1.807) is 21.8 Å². The quantitative estimate of drug-likeness (QED) is 0.0755. The molecule has 6 aromatic heterocycles. The summed E-state index contributed by atoms with van der Waals surface area (Å²) in [6, 6.07) is -2.64. The van der Waals surface area contributed by atoms with Gasteiger partial charge in [0.25, 0.3) is 0 Å². The van der Waals surface area contributed by atoms with Crippen LogP contribution in [0, 0.1) is 0 Å². The number of halogens is 2. The minimum Gasteiger partial charge on any atom is -0.390 e. The molecule has 0 unspecified atom stereocenters. The van der Waals surface area contributed by atoms with E-state index in [1.807, 2.05) is 0 Å². The molecule has 10 rings (SSSR count). The fourth-order valence-electron chi connectivity index (χ4n) is 10.1. The Labute approximate surface area is 385 Å². The molecule has 0 radical (unpaired) electrons. The van der Waals surface area contributed by atoms with Crippen LogP contribution in [0.1, 0.15) is 99.8 Å². The predicted octanol–water partition coefficient (Wildman–Crippen LogP) is 0.702. The zero-order valence-electron chi connectivity index (χ0n) is 35.3. The number of imidazole rings is 2. The number of hydrogen-bond acceptors (Lipinski definition) is 19. The van der Waals surface area contributed by atoms with E-state index < -0.39 is 48.6 Å². The van der Waals surface area contributed by atoms with Crippen LogP contribution in [-0.2, 0) is 13.2 Å². The van der Waals surface area contributed by atoms with Crippen molar-refractivity contribution in [3.05, 3.63) is 47.0 Å². The first-order valence-corrected chi connectivity index (χ1v) is 22.9. The number of rotatable bonds is 12. The lowest BCUT2D eigenvalue weighted by molar-refractivity contribution is 0.00491. The van der Waals surface area contributed by atoms with Crippen molar-refractivity contribution in [2.75, 3.05) is 10.6 Å². The molecule has 4 aliphatic rings. The summed E-state index contributed by atoms with van der Waals surface area (Å²) in [7, 11) is 0. The van der Waals surface area contributed by atoms with E-state index in [0.717, 1.165) is 51.4 Å². The van der Waals surface area contributed by atoms with Crippen molar-refractivity contribution >= 4 is 63.2 Å². The Balaban J connectivity index is 0.698. The van der Waals surface area contributed by atoms with Gasteiger partial charge in [-0.1, -0.05) is 0 Å². The van der Waals surface area contributed by atoms with Gasteiger partial charge in [-0.25, -0.2) is 14.8 Å². The van der Waals surface area contributed by atoms with Crippen molar-refractivity contribution < 1.29 is 35.4 Å². The van der Waals surface area contributed by atoms with Crippen molar-refractivity contribution in [2.24, 2.45) is 0 Å². The summed E-state index contributed by atoms with van der Waals surface area (Å²) in [6.45, 7) is -0.585. The lowest BCUT2D eigenvalue weighted by atomic mass is 9.90. The van der Waals surface area contributed by atoms with E-state index in [2.05, 4.69) is 71.6 Å². The summed E-state index contributed by atoms with van der Waals surface area (Å²) in [5, 5.41) is 92.7. The molecule has 8 atom stereocenters. The van der Waals surface area contributed by atoms with E-state index in [-0.39, 0.29) is 66.8 Å². The van der Waals surface area contributed by atoms with Crippen LogP contribution in [0.2, 0.25) is 10.6 Å². The molecule has 0 aromatic carbocycles. The summed E-state index contributed by atoms with van der Waals surface area (Å²) in [5.74, 6) is 0.912. The first-order chi connectivity index (χ1) is 31.9. The molecule has 0 bridgehead atoms. The van der Waals surface area contributed by atoms with E-state index in [0.29, 0.717) is 45.4 Å². The second kappa shape index (κ2) is 18.3. The molecular formula is C39H50Cl2N18O7. The average molecular weight is 954 g/mol. The maximum Gasteiger partial charge on any atom is 0.315 e. The van der Waals surface area contributed by atoms with Crippen LogP contribution in [0.25, 0.3) is 22.3 Å². The first kappa shape index (κ1) is 44.4. The molecule has 10 N–H and O–H groups in total. The molecule has 2 amide bonds. The molecule has 25 nitrogen and oxygen atoms in total. The standard InChI is InChI=1S/C39H50Cl2N18O7/c40-37-50-33(27-35(52-37)56(15-42-27)23-9-25(31(64)29(23)62)58-44-11-21(13-60)54-58)46-17-1-5-19(6-2-17)48-39(66)49-20-7-3-18(4-8-20)47-34-28-36(53-38(41)51-34)57(16-43-28)24-10-26(32(65)30(24)63)59-45-12-22(14-61)55-59/h11-12,15-20,23-26,29-32,60-65H,1-10,13-14H2,(H,46,50,52)(H,47,51,53)(H2,48,49,66)/t17?,18?,19?,20?,23-,24-,25+,26+,29+,30+,31-,32-/m1/s1. The van der Waals surface area contributed by atoms with Gasteiger partial charge in [0.1, 0.15) is 47.9 Å². The average Bonchev–Trinajstić information content (AvgIpc) is 4.18. The molecule has 27 heteroatoms. The van der Waals surface area contributed by atoms with Crippen molar-refractivity contribution in [1.82, 2.24) is 79.7 Å². The van der Waals surface area contributed by atoms with Gasteiger partial charge in [-0.15, -0.1) is 0 Å². The third-order valence-corrected chi connectivity index (χ3v) is 13.9. The fourth-order valence-corrected chi connectivity index (χ4v) is 10.4. The van der Waals surface area contributed by atoms with E-state index >= 15 is 0 Å². The van der Waals surface area contributed by atoms with E-state index in [4.69, 9.17) is 23.2 Å². The van der Waals surface area contributed by atoms with Gasteiger partial charge >= 0.3 is 6.03 Å². The van der Waals surface area contributed by atoms with Gasteiger partial charge in [0.2, 0.25) is 10.6 Å². The number of nitrogens with one attached hydrogen (secondary N) is 4. The molecule has 4 fully saturated rings. The maximum atomic E-state index is 13.2. The minimum absolute atomic E-state index is 0.000846. The van der Waals surface area contributed by atoms with Crippen LogP contribution in [0.5, 0.6) is 0 Å². The monoisotopic (exact) mass is 952 g/mol. The van der Waals surface area contributed by atoms with Gasteiger partial charge in [0.15, 0.2) is 34.0 Å². The smallest absolute Gasteiger partial charge is 0.315 e. The number of aliphatic hydroxyl groups excluding tert-OH is 6. The molecule has 4 saturated carbocycles. The Morgan fingerprint density at radius 2 is 0.955 bits per heavy atom. The Kier molecular flexibility index (Phi) is 12.4. The molecule has 0 aliphatic heterocycles. The third-order valence-electron chi connectivity index (χ3n) is 13.6. The van der Waals surface area contributed by atoms with Gasteiger partial charge in [-0.3, -0.25) is 0 Å². The number of aromatic nitrogens is 14. The number of hydrogen-bond donors (Lipinski definition) is 10. The summed E-state index contributed by atoms with van der Waals surface area (Å²) < 4.78 is 3.38. The number of nitrogens with zero attached hydrogens (tertiary/aromatic N) is 14. The Morgan fingerprint density at radius 1 is 0.576 bits per heavy atom. The van der Waals surface area contributed by atoms with Crippen LogP contribution in [0.3, 0.4) is 0 Å². The molecular weight excluding hydrogens is 903 g/mol. The molecule has 4 aliphatic carbocycles. The lowest BCUT2D eigenvalue weighted by Gasteiger charge is -2.32. The van der Waals surface area contributed by atoms with Gasteiger partial charge in [-0.2, -0.15) is 49.9 Å². The number of carbonyl (C=O) groups is 1. The highest BCUT2D eigenvalue weighted by atomic mass is 35.5. The first-order valence-electron chi connectivity index (χ1n) is 22.1. The zero-order valence-corrected chi connectivity index (χ0v) is 36.8. The minimum atomic E-state index is -1.17. The summed E-state index contributed by atoms with van der Waals surface area (Å²) in [4.78, 5) is 42.7. The summed E-state index contributed by atoms with van der Waals surface area (Å²) in [5.41, 5.74) is 2.46. The maximum absolute atomic E-state index is 13.2. The summed E-state index contributed by atoms with van der Waals surface area (Å²) in [6.07, 6.45) is 7.80. The molecule has 6 heterocycles. The van der Waals surface area contributed by atoms with Gasteiger partial charge in [0.05, 0.1) is 50.3 Å². The molecule has 352 valence electrons. The van der Waals surface area contributed by atoms with Crippen molar-refractivity contribution in [1.29, 1.82) is 0 Å². The number of carbonyl (C=O) groups excluding carboxylic acids is 1. The Hall–Kier alpha value is -5.41. The van der Waals surface area contributed by atoms with Crippen LogP contribution >= 0.6 is 23.2 Å². The molecule has 0 spiro atoms. The van der Waals surface area contributed by atoms with Crippen molar-refractivity contribution in [2.45, 2.75) is 150 Å². The van der Waals surface area contributed by atoms with E-state index in [9.17, 15) is 35.4 Å². The fraction of sp³-hybridized carbons (Fsp3) is 0.615. The van der Waals surface area contributed by atoms with Gasteiger partial charge in [-0.05, 0) is 87.4 Å². The SMILES string of the molecule is O=C(NC1CCC(Nc2nc(Cl)nc3c2ncn3[C@@H]2C[C@H](n3ncc(CO)n3)[C@@H](O)[C@H]2O)CC1)NC1CCC(Nc2nc(Cl)nc3c2ncn3[C@@H]2C[C@H](n3ncc(CO)n3)[C@@H](O)[C@H]2O)CC1. The highest BCUT2D eigenvalue weighted by molar-refractivity contribution is 6.29. The molecule has 0 saturated heterocycles.